The van der Waals surface area contributed by atoms with Crippen molar-refractivity contribution in [1.29, 1.82) is 0 Å². The van der Waals surface area contributed by atoms with E-state index in [1.807, 2.05) is 31.2 Å². The summed E-state index contributed by atoms with van der Waals surface area (Å²) in [6.45, 7) is 9.55. The number of benzene rings is 2. The average molecular weight is 391 g/mol. The van der Waals surface area contributed by atoms with Gasteiger partial charge in [0, 0.05) is 37.6 Å². The zero-order valence-corrected chi connectivity index (χ0v) is 16.7. The Labute approximate surface area is 170 Å². The largest absolute Gasteiger partial charge is 0.369 e. The number of carbonyl (C=O) groups is 1. The van der Waals surface area contributed by atoms with Crippen molar-refractivity contribution >= 4 is 17.3 Å². The normalized spacial score (nSPS) is 14.8. The van der Waals surface area contributed by atoms with Crippen LogP contribution in [0.1, 0.15) is 22.8 Å². The minimum Gasteiger partial charge on any atom is -0.369 e. The van der Waals surface area contributed by atoms with Crippen LogP contribution in [0.3, 0.4) is 0 Å². The van der Waals surface area contributed by atoms with Gasteiger partial charge in [0.1, 0.15) is 6.33 Å². The number of amides is 1. The fourth-order valence-electron chi connectivity index (χ4n) is 3.63. The van der Waals surface area contributed by atoms with Crippen molar-refractivity contribution in [2.45, 2.75) is 13.8 Å². The fraction of sp³-hybridized carbons (Fsp3) is 0.333. The van der Waals surface area contributed by atoms with Gasteiger partial charge in [-0.15, -0.1) is 5.10 Å². The molecule has 1 aliphatic rings. The van der Waals surface area contributed by atoms with Gasteiger partial charge in [0.25, 0.3) is 5.91 Å². The molecule has 8 nitrogen and oxygen atoms in total. The number of aromatic nitrogens is 4. The Morgan fingerprint density at radius 3 is 2.59 bits per heavy atom. The Morgan fingerprint density at radius 2 is 1.90 bits per heavy atom. The molecular formula is C21H25N7O. The molecule has 150 valence electrons. The maximum Gasteiger partial charge on any atom is 0.257 e. The predicted molar refractivity (Wildman–Crippen MR) is 113 cm³/mol. The van der Waals surface area contributed by atoms with E-state index in [4.69, 9.17) is 0 Å². The van der Waals surface area contributed by atoms with Gasteiger partial charge in [-0.25, -0.2) is 0 Å². The molecule has 1 N–H and O–H groups in total. The fourth-order valence-corrected chi connectivity index (χ4v) is 3.63. The second-order valence-corrected chi connectivity index (χ2v) is 7.15. The van der Waals surface area contributed by atoms with Crippen LogP contribution < -0.4 is 10.2 Å². The maximum absolute atomic E-state index is 12.9. The molecule has 3 aromatic rings. The molecule has 1 saturated heterocycles. The highest BCUT2D eigenvalue weighted by molar-refractivity contribution is 6.07. The van der Waals surface area contributed by atoms with Gasteiger partial charge in [0.2, 0.25) is 0 Å². The van der Waals surface area contributed by atoms with E-state index in [2.05, 4.69) is 49.7 Å². The Morgan fingerprint density at radius 1 is 1.10 bits per heavy atom. The molecule has 0 unspecified atom stereocenters. The van der Waals surface area contributed by atoms with E-state index in [9.17, 15) is 4.79 Å². The van der Waals surface area contributed by atoms with E-state index < -0.39 is 0 Å². The smallest absolute Gasteiger partial charge is 0.257 e. The van der Waals surface area contributed by atoms with Gasteiger partial charge in [-0.3, -0.25) is 4.79 Å². The zero-order valence-electron chi connectivity index (χ0n) is 16.7. The predicted octanol–water partition coefficient (Wildman–Crippen LogP) is 2.36. The number of likely N-dealkylation sites (N-methyl/N-ethyl adjacent to an activating group) is 1. The molecule has 29 heavy (non-hydrogen) atoms. The molecule has 0 atom stereocenters. The highest BCUT2D eigenvalue weighted by Crippen LogP contribution is 2.25. The van der Waals surface area contributed by atoms with Crippen molar-refractivity contribution in [3.63, 3.8) is 0 Å². The van der Waals surface area contributed by atoms with Crippen molar-refractivity contribution in [3.8, 4) is 5.69 Å². The molecule has 1 amide bonds. The number of rotatable bonds is 5. The average Bonchev–Trinajstić information content (AvgIpc) is 3.30. The van der Waals surface area contributed by atoms with Gasteiger partial charge in [-0.2, -0.15) is 4.68 Å². The summed E-state index contributed by atoms with van der Waals surface area (Å²) in [7, 11) is 0. The van der Waals surface area contributed by atoms with Gasteiger partial charge in [0.15, 0.2) is 0 Å². The lowest BCUT2D eigenvalue weighted by molar-refractivity contribution is 0.102. The lowest BCUT2D eigenvalue weighted by Crippen LogP contribution is -2.46. The third kappa shape index (κ3) is 4.12. The van der Waals surface area contributed by atoms with Crippen LogP contribution in [-0.2, 0) is 0 Å². The monoisotopic (exact) mass is 391 g/mol. The summed E-state index contributed by atoms with van der Waals surface area (Å²) >= 11 is 0. The van der Waals surface area contributed by atoms with Crippen LogP contribution in [0.2, 0.25) is 0 Å². The molecule has 0 spiro atoms. The number of para-hydroxylation sites is 1. The van der Waals surface area contributed by atoms with E-state index in [-0.39, 0.29) is 5.91 Å². The first kappa shape index (κ1) is 19.1. The van der Waals surface area contributed by atoms with Crippen LogP contribution in [0, 0.1) is 6.92 Å². The van der Waals surface area contributed by atoms with Crippen LogP contribution in [0.25, 0.3) is 5.69 Å². The van der Waals surface area contributed by atoms with Crippen molar-refractivity contribution < 1.29 is 4.79 Å². The summed E-state index contributed by atoms with van der Waals surface area (Å²) in [5.74, 6) is -0.191. The molecule has 4 rings (SSSR count). The molecular weight excluding hydrogens is 366 g/mol. The first-order chi connectivity index (χ1) is 14.2. The van der Waals surface area contributed by atoms with E-state index in [0.717, 1.165) is 44.0 Å². The van der Waals surface area contributed by atoms with Gasteiger partial charge in [-0.05, 0) is 59.8 Å². The second kappa shape index (κ2) is 8.40. The quantitative estimate of drug-likeness (QED) is 0.719. The maximum atomic E-state index is 12.9. The first-order valence-corrected chi connectivity index (χ1v) is 9.87. The zero-order chi connectivity index (χ0) is 20.2. The number of aryl methyl sites for hydroxylation is 1. The summed E-state index contributed by atoms with van der Waals surface area (Å²) in [6.07, 6.45) is 1.48. The van der Waals surface area contributed by atoms with Crippen LogP contribution >= 0.6 is 0 Å². The number of nitrogens with one attached hydrogen (secondary N) is 1. The SMILES string of the molecule is CCN1CCN(c2ccc(NC(=O)c3ccccc3-n3cnnn3)c(C)c2)CC1. The Bertz CT molecular complexity index is 978. The summed E-state index contributed by atoms with van der Waals surface area (Å²) < 4.78 is 1.49. The van der Waals surface area contributed by atoms with Crippen molar-refractivity contribution in [2.75, 3.05) is 42.9 Å². The van der Waals surface area contributed by atoms with Crippen LogP contribution in [0.15, 0.2) is 48.8 Å². The second-order valence-electron chi connectivity index (χ2n) is 7.15. The molecule has 2 aromatic carbocycles. The standard InChI is InChI=1S/C21H25N7O/c1-3-26-10-12-27(13-11-26)17-8-9-19(16(2)14-17)23-21(29)18-6-4-5-7-20(18)28-15-22-24-25-28/h4-9,14-15H,3,10-13H2,1-2H3,(H,23,29). The molecule has 8 heteroatoms. The van der Waals surface area contributed by atoms with Gasteiger partial charge in [-0.1, -0.05) is 19.1 Å². The summed E-state index contributed by atoms with van der Waals surface area (Å²) in [6, 6.07) is 13.5. The molecule has 2 heterocycles. The van der Waals surface area contributed by atoms with Crippen molar-refractivity contribution in [1.82, 2.24) is 25.1 Å². The Hall–Kier alpha value is -3.26. The van der Waals surface area contributed by atoms with Crippen LogP contribution in [0.5, 0.6) is 0 Å². The molecule has 1 aliphatic heterocycles. The molecule has 0 saturated carbocycles. The molecule has 0 bridgehead atoms. The van der Waals surface area contributed by atoms with E-state index in [1.54, 1.807) is 6.07 Å². The number of hydrogen-bond donors (Lipinski definition) is 1. The number of hydrogen-bond acceptors (Lipinski definition) is 6. The molecule has 0 radical (unpaired) electrons. The van der Waals surface area contributed by atoms with Gasteiger partial charge >= 0.3 is 0 Å². The lowest BCUT2D eigenvalue weighted by Gasteiger charge is -2.35. The van der Waals surface area contributed by atoms with Crippen LogP contribution in [-0.4, -0.2) is 63.7 Å². The number of piperazine rings is 1. The van der Waals surface area contributed by atoms with Crippen LogP contribution in [0.4, 0.5) is 11.4 Å². The van der Waals surface area contributed by atoms with Gasteiger partial charge in [0.05, 0.1) is 11.3 Å². The number of anilines is 2. The van der Waals surface area contributed by atoms with Gasteiger partial charge < -0.3 is 15.1 Å². The highest BCUT2D eigenvalue weighted by atomic mass is 16.1. The lowest BCUT2D eigenvalue weighted by atomic mass is 10.1. The highest BCUT2D eigenvalue weighted by Gasteiger charge is 2.18. The Balaban J connectivity index is 1.50. The van der Waals surface area contributed by atoms with Crippen molar-refractivity contribution in [3.05, 3.63) is 59.9 Å². The molecule has 1 aromatic heterocycles. The summed E-state index contributed by atoms with van der Waals surface area (Å²) in [5, 5.41) is 14.2. The number of tetrazole rings is 1. The third-order valence-electron chi connectivity index (χ3n) is 5.39. The molecule has 1 fully saturated rings. The van der Waals surface area contributed by atoms with E-state index in [1.165, 1.54) is 16.7 Å². The Kier molecular flexibility index (Phi) is 5.53. The molecule has 0 aliphatic carbocycles. The van der Waals surface area contributed by atoms with E-state index >= 15 is 0 Å². The van der Waals surface area contributed by atoms with Crippen molar-refractivity contribution in [2.24, 2.45) is 0 Å². The first-order valence-electron chi connectivity index (χ1n) is 9.87. The number of nitrogens with zero attached hydrogens (tertiary/aromatic N) is 6. The van der Waals surface area contributed by atoms with E-state index in [0.29, 0.717) is 11.3 Å². The minimum absolute atomic E-state index is 0.191. The summed E-state index contributed by atoms with van der Waals surface area (Å²) in [4.78, 5) is 17.8. The topological polar surface area (TPSA) is 79.2 Å². The minimum atomic E-state index is -0.191. The number of carbonyl (C=O) groups excluding carboxylic acids is 1. The summed E-state index contributed by atoms with van der Waals surface area (Å²) in [5.41, 5.74) is 4.19. The third-order valence-corrected chi connectivity index (χ3v) is 5.39.